The highest BCUT2D eigenvalue weighted by Crippen LogP contribution is 2.18. The van der Waals surface area contributed by atoms with Crippen LogP contribution >= 0.6 is 0 Å². The SMILES string of the molecule is CC(N)C(C)C(=O)Nc1ccc2oc(=O)ccc2c1. The molecule has 0 aliphatic carbocycles. The molecule has 0 bridgehead atoms. The third kappa shape index (κ3) is 3.00. The van der Waals surface area contributed by atoms with Gasteiger partial charge in [0.2, 0.25) is 5.91 Å². The van der Waals surface area contributed by atoms with Gasteiger partial charge in [-0.2, -0.15) is 0 Å². The Morgan fingerprint density at radius 2 is 2.00 bits per heavy atom. The second kappa shape index (κ2) is 5.24. The summed E-state index contributed by atoms with van der Waals surface area (Å²) in [5.74, 6) is -0.406. The zero-order valence-corrected chi connectivity index (χ0v) is 10.8. The maximum absolute atomic E-state index is 11.9. The van der Waals surface area contributed by atoms with E-state index in [1.54, 1.807) is 38.1 Å². The van der Waals surface area contributed by atoms with Crippen LogP contribution in [-0.2, 0) is 4.79 Å². The van der Waals surface area contributed by atoms with Crippen molar-refractivity contribution < 1.29 is 9.21 Å². The number of carbonyl (C=O) groups excluding carboxylic acids is 1. The first-order valence-corrected chi connectivity index (χ1v) is 6.08. The standard InChI is InChI=1S/C14H16N2O3/c1-8(9(2)15)14(18)16-11-4-5-12-10(7-11)3-6-13(17)19-12/h3-9H,15H2,1-2H3,(H,16,18). The van der Waals surface area contributed by atoms with Gasteiger partial charge in [0.05, 0.1) is 5.92 Å². The van der Waals surface area contributed by atoms with E-state index in [2.05, 4.69) is 5.32 Å². The average molecular weight is 260 g/mol. The lowest BCUT2D eigenvalue weighted by molar-refractivity contribution is -0.119. The molecule has 2 atom stereocenters. The molecule has 19 heavy (non-hydrogen) atoms. The van der Waals surface area contributed by atoms with Crippen molar-refractivity contribution in [3.63, 3.8) is 0 Å². The fraction of sp³-hybridized carbons (Fsp3) is 0.286. The number of benzene rings is 1. The van der Waals surface area contributed by atoms with Crippen molar-refractivity contribution in [2.75, 3.05) is 5.32 Å². The van der Waals surface area contributed by atoms with E-state index in [1.165, 1.54) is 6.07 Å². The summed E-state index contributed by atoms with van der Waals surface area (Å²) >= 11 is 0. The second-order valence-corrected chi connectivity index (χ2v) is 4.64. The van der Waals surface area contributed by atoms with E-state index >= 15 is 0 Å². The monoisotopic (exact) mass is 260 g/mol. The van der Waals surface area contributed by atoms with Gasteiger partial charge in [-0.25, -0.2) is 4.79 Å². The molecule has 2 aromatic rings. The van der Waals surface area contributed by atoms with Gasteiger partial charge in [-0.15, -0.1) is 0 Å². The number of anilines is 1. The van der Waals surface area contributed by atoms with Crippen LogP contribution in [0.25, 0.3) is 11.0 Å². The van der Waals surface area contributed by atoms with Crippen molar-refractivity contribution in [3.8, 4) is 0 Å². The van der Waals surface area contributed by atoms with E-state index < -0.39 is 5.63 Å². The molecule has 100 valence electrons. The topological polar surface area (TPSA) is 85.3 Å². The molecular formula is C14H16N2O3. The summed E-state index contributed by atoms with van der Waals surface area (Å²) in [4.78, 5) is 22.9. The summed E-state index contributed by atoms with van der Waals surface area (Å²) in [6.07, 6.45) is 0. The van der Waals surface area contributed by atoms with Crippen LogP contribution in [-0.4, -0.2) is 11.9 Å². The Balaban J connectivity index is 2.25. The van der Waals surface area contributed by atoms with Gasteiger partial charge in [0.15, 0.2) is 0 Å². The lowest BCUT2D eigenvalue weighted by Gasteiger charge is -2.15. The number of carbonyl (C=O) groups is 1. The van der Waals surface area contributed by atoms with Gasteiger partial charge in [0, 0.05) is 23.2 Å². The third-order valence-electron chi connectivity index (χ3n) is 3.09. The third-order valence-corrected chi connectivity index (χ3v) is 3.09. The Morgan fingerprint density at radius 3 is 2.68 bits per heavy atom. The summed E-state index contributed by atoms with van der Waals surface area (Å²) in [6, 6.07) is 7.90. The van der Waals surface area contributed by atoms with Crippen molar-refractivity contribution in [1.82, 2.24) is 0 Å². The predicted molar refractivity (Wildman–Crippen MR) is 73.9 cm³/mol. The summed E-state index contributed by atoms with van der Waals surface area (Å²) < 4.78 is 5.02. The highest BCUT2D eigenvalue weighted by atomic mass is 16.4. The van der Waals surface area contributed by atoms with E-state index in [1.807, 2.05) is 0 Å². The van der Waals surface area contributed by atoms with Crippen LogP contribution in [0.3, 0.4) is 0 Å². The number of amides is 1. The van der Waals surface area contributed by atoms with E-state index in [0.717, 1.165) is 5.39 Å². The van der Waals surface area contributed by atoms with Gasteiger partial charge in [-0.1, -0.05) is 6.92 Å². The number of hydrogen-bond donors (Lipinski definition) is 2. The predicted octanol–water partition coefficient (Wildman–Crippen LogP) is 1.71. The lowest BCUT2D eigenvalue weighted by Crippen LogP contribution is -2.34. The van der Waals surface area contributed by atoms with Gasteiger partial charge in [-0.3, -0.25) is 4.79 Å². The lowest BCUT2D eigenvalue weighted by atomic mass is 10.0. The number of rotatable bonds is 3. The van der Waals surface area contributed by atoms with Crippen molar-refractivity contribution in [2.45, 2.75) is 19.9 Å². The van der Waals surface area contributed by atoms with E-state index in [-0.39, 0.29) is 17.9 Å². The largest absolute Gasteiger partial charge is 0.423 e. The zero-order valence-electron chi connectivity index (χ0n) is 10.8. The first-order chi connectivity index (χ1) is 8.97. The number of hydrogen-bond acceptors (Lipinski definition) is 4. The molecular weight excluding hydrogens is 244 g/mol. The van der Waals surface area contributed by atoms with Crippen molar-refractivity contribution in [2.24, 2.45) is 11.7 Å². The second-order valence-electron chi connectivity index (χ2n) is 4.64. The van der Waals surface area contributed by atoms with Crippen LogP contribution < -0.4 is 16.7 Å². The number of fused-ring (bicyclic) bond motifs is 1. The average Bonchev–Trinajstić information content (AvgIpc) is 2.37. The molecule has 1 amide bonds. The maximum Gasteiger partial charge on any atom is 0.336 e. The molecule has 0 radical (unpaired) electrons. The first-order valence-electron chi connectivity index (χ1n) is 6.08. The van der Waals surface area contributed by atoms with Crippen LogP contribution in [0.4, 0.5) is 5.69 Å². The zero-order chi connectivity index (χ0) is 14.0. The molecule has 5 nitrogen and oxygen atoms in total. The minimum Gasteiger partial charge on any atom is -0.423 e. The number of nitrogens with one attached hydrogen (secondary N) is 1. The van der Waals surface area contributed by atoms with Gasteiger partial charge in [-0.05, 0) is 31.2 Å². The summed E-state index contributed by atoms with van der Waals surface area (Å²) in [5.41, 5.74) is 6.44. The van der Waals surface area contributed by atoms with Crippen molar-refractivity contribution in [3.05, 3.63) is 40.8 Å². The van der Waals surface area contributed by atoms with Crippen LogP contribution in [0.15, 0.2) is 39.5 Å². The van der Waals surface area contributed by atoms with Gasteiger partial charge in [0.25, 0.3) is 0 Å². The molecule has 1 aromatic carbocycles. The Kier molecular flexibility index (Phi) is 3.66. The fourth-order valence-electron chi connectivity index (χ4n) is 1.64. The van der Waals surface area contributed by atoms with Gasteiger partial charge < -0.3 is 15.5 Å². The van der Waals surface area contributed by atoms with Crippen LogP contribution in [0.2, 0.25) is 0 Å². The summed E-state index contributed by atoms with van der Waals surface area (Å²) in [6.45, 7) is 3.57. The Labute approximate surface area is 110 Å². The molecule has 1 heterocycles. The Bertz CT molecular complexity index is 661. The number of nitrogens with two attached hydrogens (primary N) is 1. The van der Waals surface area contributed by atoms with Crippen LogP contribution in [0.1, 0.15) is 13.8 Å². The molecule has 0 aliphatic heterocycles. The summed E-state index contributed by atoms with van der Waals surface area (Å²) in [7, 11) is 0. The molecule has 5 heteroatoms. The minimum absolute atomic E-state index is 0.133. The summed E-state index contributed by atoms with van der Waals surface area (Å²) in [5, 5.41) is 3.55. The normalized spacial score (nSPS) is 14.1. The fourth-order valence-corrected chi connectivity index (χ4v) is 1.64. The molecule has 1 aromatic heterocycles. The highest BCUT2D eigenvalue weighted by Gasteiger charge is 2.17. The highest BCUT2D eigenvalue weighted by molar-refractivity contribution is 5.94. The van der Waals surface area contributed by atoms with Crippen LogP contribution in [0, 0.1) is 5.92 Å². The maximum atomic E-state index is 11.9. The molecule has 0 aliphatic rings. The molecule has 0 fully saturated rings. The van der Waals surface area contributed by atoms with E-state index in [0.29, 0.717) is 11.3 Å². The minimum atomic E-state index is -0.394. The quantitative estimate of drug-likeness (QED) is 0.823. The van der Waals surface area contributed by atoms with Crippen LogP contribution in [0.5, 0.6) is 0 Å². The van der Waals surface area contributed by atoms with Gasteiger partial charge >= 0.3 is 5.63 Å². The molecule has 0 spiro atoms. The molecule has 2 unspecified atom stereocenters. The molecule has 0 saturated heterocycles. The Hall–Kier alpha value is -2.14. The molecule has 2 rings (SSSR count). The van der Waals surface area contributed by atoms with E-state index in [9.17, 15) is 9.59 Å². The van der Waals surface area contributed by atoms with E-state index in [4.69, 9.17) is 10.2 Å². The van der Waals surface area contributed by atoms with Gasteiger partial charge in [0.1, 0.15) is 5.58 Å². The molecule has 3 N–H and O–H groups in total. The van der Waals surface area contributed by atoms with Crippen molar-refractivity contribution >= 4 is 22.6 Å². The first kappa shape index (κ1) is 13.3. The molecule has 0 saturated carbocycles. The van der Waals surface area contributed by atoms with Crippen molar-refractivity contribution in [1.29, 1.82) is 0 Å². The Morgan fingerprint density at radius 1 is 1.26 bits per heavy atom. The smallest absolute Gasteiger partial charge is 0.336 e.